The summed E-state index contributed by atoms with van der Waals surface area (Å²) < 4.78 is 23.2. The molecule has 1 aliphatic carbocycles. The zero-order valence-corrected chi connectivity index (χ0v) is 28.5. The van der Waals surface area contributed by atoms with Gasteiger partial charge in [-0.15, -0.1) is 0 Å². The first-order valence-corrected chi connectivity index (χ1v) is 15.2. The second kappa shape index (κ2) is 18.2. The van der Waals surface area contributed by atoms with Gasteiger partial charge in [0.1, 0.15) is 11.2 Å². The third-order valence-corrected chi connectivity index (χ3v) is 6.57. The number of carbonyl (C=O) groups excluding carboxylic acids is 4. The standard InChI is InChI=1S/C17H25NO4.C13H19NO2.C4H8O2.CH4/c1-6-11-10-13-12(15(19)21-5)8-7-9-14(13)18(11)16(20)22-17(2,3)4;1-6-10-8-9-11(7-2)14(10)12(15)16-13(3,4)5;1-3-4(5)6-2;/h10,12H,6-9H2,1-5H3;6,8-9H,1,7H2,2-5H3;3H2,1-2H3;1H4. The molecule has 10 nitrogen and oxygen atoms in total. The lowest BCUT2D eigenvalue weighted by Gasteiger charge is -2.24. The van der Waals surface area contributed by atoms with E-state index in [0.717, 1.165) is 54.0 Å². The number of hydrogen-bond donors (Lipinski definition) is 0. The van der Waals surface area contributed by atoms with Crippen LogP contribution >= 0.6 is 0 Å². The molecule has 0 bridgehead atoms. The Kier molecular flexibility index (Phi) is 16.7. The zero-order chi connectivity index (χ0) is 33.8. The number of carbonyl (C=O) groups is 4. The van der Waals surface area contributed by atoms with E-state index < -0.39 is 11.2 Å². The maximum Gasteiger partial charge on any atom is 0.419 e. The Morgan fingerprint density at radius 2 is 1.40 bits per heavy atom. The minimum Gasteiger partial charge on any atom is -0.469 e. The highest BCUT2D eigenvalue weighted by Gasteiger charge is 2.33. The Balaban J connectivity index is 0.000000739. The normalized spacial score (nSPS) is 13.7. The Morgan fingerprint density at radius 1 is 0.867 bits per heavy atom. The second-order valence-electron chi connectivity index (χ2n) is 12.2. The van der Waals surface area contributed by atoms with Crippen molar-refractivity contribution in [3.8, 4) is 0 Å². The summed E-state index contributed by atoms with van der Waals surface area (Å²) in [6.07, 6.45) is 5.32. The molecule has 3 rings (SSSR count). The van der Waals surface area contributed by atoms with Gasteiger partial charge in [-0.05, 0) is 103 Å². The molecule has 0 N–H and O–H groups in total. The molecular weight excluding hydrogens is 576 g/mol. The molecule has 2 aromatic rings. The van der Waals surface area contributed by atoms with Crippen LogP contribution in [0, 0.1) is 0 Å². The fraction of sp³-hybridized carbons (Fsp3) is 0.600. The van der Waals surface area contributed by atoms with E-state index in [-0.39, 0.29) is 37.5 Å². The van der Waals surface area contributed by atoms with Gasteiger partial charge in [-0.25, -0.2) is 9.59 Å². The average molecular weight is 633 g/mol. The van der Waals surface area contributed by atoms with Gasteiger partial charge in [0, 0.05) is 23.5 Å². The first-order valence-electron chi connectivity index (χ1n) is 15.2. The highest BCUT2D eigenvalue weighted by atomic mass is 16.6. The number of fused-ring (bicyclic) bond motifs is 1. The fourth-order valence-corrected chi connectivity index (χ4v) is 4.61. The SMILES string of the molecule is C.C=Cc1ccc(CC)n1C(=O)OC(C)(C)C.CCC(=O)OC.CCc1cc2c(n1C(=O)OC(C)(C)C)CCCC2C(=O)OC. The smallest absolute Gasteiger partial charge is 0.419 e. The van der Waals surface area contributed by atoms with Crippen LogP contribution in [0.2, 0.25) is 0 Å². The van der Waals surface area contributed by atoms with Gasteiger partial charge in [0.15, 0.2) is 0 Å². The molecule has 1 unspecified atom stereocenters. The summed E-state index contributed by atoms with van der Waals surface area (Å²) in [6, 6.07) is 5.75. The quantitative estimate of drug-likeness (QED) is 0.240. The topological polar surface area (TPSA) is 115 Å². The summed E-state index contributed by atoms with van der Waals surface area (Å²) in [5.41, 5.74) is 3.37. The number of esters is 2. The highest BCUT2D eigenvalue weighted by molar-refractivity contribution is 5.81. The zero-order valence-electron chi connectivity index (χ0n) is 28.5. The van der Waals surface area contributed by atoms with Crippen molar-refractivity contribution in [3.05, 3.63) is 53.1 Å². The number of methoxy groups -OCH3 is 2. The van der Waals surface area contributed by atoms with E-state index in [1.807, 2.05) is 73.6 Å². The van der Waals surface area contributed by atoms with Gasteiger partial charge >= 0.3 is 24.1 Å². The molecule has 254 valence electrons. The van der Waals surface area contributed by atoms with E-state index in [1.165, 1.54) is 14.2 Å². The van der Waals surface area contributed by atoms with Crippen LogP contribution in [0.1, 0.15) is 123 Å². The summed E-state index contributed by atoms with van der Waals surface area (Å²) in [5, 5.41) is 0. The van der Waals surface area contributed by atoms with E-state index >= 15 is 0 Å². The van der Waals surface area contributed by atoms with Gasteiger partial charge in [-0.2, -0.15) is 0 Å². The van der Waals surface area contributed by atoms with Crippen LogP contribution in [-0.4, -0.2) is 58.7 Å². The molecule has 0 radical (unpaired) electrons. The molecule has 1 aliphatic rings. The summed E-state index contributed by atoms with van der Waals surface area (Å²) >= 11 is 0. The Bertz CT molecular complexity index is 1280. The minimum atomic E-state index is -0.546. The van der Waals surface area contributed by atoms with E-state index in [1.54, 1.807) is 22.1 Å². The van der Waals surface area contributed by atoms with Crippen LogP contribution in [0.3, 0.4) is 0 Å². The third-order valence-electron chi connectivity index (χ3n) is 6.57. The van der Waals surface area contributed by atoms with Gasteiger partial charge < -0.3 is 18.9 Å². The lowest BCUT2D eigenvalue weighted by atomic mass is 9.87. The van der Waals surface area contributed by atoms with Crippen molar-refractivity contribution >= 4 is 30.2 Å². The van der Waals surface area contributed by atoms with Gasteiger partial charge in [-0.1, -0.05) is 34.8 Å². The molecule has 0 saturated heterocycles. The molecule has 0 fully saturated rings. The monoisotopic (exact) mass is 632 g/mol. The van der Waals surface area contributed by atoms with Crippen LogP contribution in [-0.2, 0) is 47.8 Å². The summed E-state index contributed by atoms with van der Waals surface area (Å²) in [4.78, 5) is 46.5. The number of aryl methyl sites for hydroxylation is 2. The maximum atomic E-state index is 12.5. The number of aromatic nitrogens is 2. The van der Waals surface area contributed by atoms with Crippen LogP contribution in [0.4, 0.5) is 9.59 Å². The first kappa shape index (κ1) is 41.2. The second-order valence-corrected chi connectivity index (χ2v) is 12.2. The van der Waals surface area contributed by atoms with E-state index in [0.29, 0.717) is 12.8 Å². The van der Waals surface area contributed by atoms with Crippen LogP contribution in [0.15, 0.2) is 24.8 Å². The van der Waals surface area contributed by atoms with Crippen molar-refractivity contribution in [1.29, 1.82) is 0 Å². The number of ether oxygens (including phenoxy) is 4. The Hall–Kier alpha value is -3.82. The average Bonchev–Trinajstić information content (AvgIpc) is 3.56. The summed E-state index contributed by atoms with van der Waals surface area (Å²) in [6.45, 7) is 20.6. The Labute approximate surface area is 270 Å². The molecular formula is C35H56N2O8. The fourth-order valence-electron chi connectivity index (χ4n) is 4.61. The molecule has 45 heavy (non-hydrogen) atoms. The van der Waals surface area contributed by atoms with Crippen molar-refractivity contribution < 1.29 is 38.1 Å². The van der Waals surface area contributed by atoms with Gasteiger partial charge in [0.05, 0.1) is 25.8 Å². The summed E-state index contributed by atoms with van der Waals surface area (Å²) in [5.74, 6) is -0.664. The van der Waals surface area contributed by atoms with Crippen molar-refractivity contribution in [2.45, 2.75) is 125 Å². The molecule has 0 aromatic carbocycles. The molecule has 0 saturated carbocycles. The van der Waals surface area contributed by atoms with E-state index in [4.69, 9.17) is 14.2 Å². The number of nitrogens with zero attached hydrogens (tertiary/aromatic N) is 2. The van der Waals surface area contributed by atoms with Crippen molar-refractivity contribution in [2.24, 2.45) is 0 Å². The molecule has 1 atom stereocenters. The van der Waals surface area contributed by atoms with E-state index in [2.05, 4.69) is 11.3 Å². The first-order chi connectivity index (χ1) is 20.5. The lowest BCUT2D eigenvalue weighted by Crippen LogP contribution is -2.30. The molecule has 0 aliphatic heterocycles. The van der Waals surface area contributed by atoms with Crippen molar-refractivity contribution in [1.82, 2.24) is 9.13 Å². The predicted molar refractivity (Wildman–Crippen MR) is 178 cm³/mol. The maximum absolute atomic E-state index is 12.5. The molecule has 2 aromatic heterocycles. The van der Waals surface area contributed by atoms with Crippen LogP contribution in [0.5, 0.6) is 0 Å². The predicted octanol–water partition coefficient (Wildman–Crippen LogP) is 8.11. The Morgan fingerprint density at radius 3 is 1.80 bits per heavy atom. The molecule has 2 heterocycles. The highest BCUT2D eigenvalue weighted by Crippen LogP contribution is 2.35. The summed E-state index contributed by atoms with van der Waals surface area (Å²) in [7, 11) is 2.79. The van der Waals surface area contributed by atoms with Crippen molar-refractivity contribution in [2.75, 3.05) is 14.2 Å². The van der Waals surface area contributed by atoms with Gasteiger partial charge in [-0.3, -0.25) is 18.7 Å². The van der Waals surface area contributed by atoms with Crippen LogP contribution < -0.4 is 0 Å². The number of rotatable bonds is 5. The largest absolute Gasteiger partial charge is 0.469 e. The molecule has 10 heteroatoms. The lowest BCUT2D eigenvalue weighted by molar-refractivity contribution is -0.143. The molecule has 0 spiro atoms. The minimum absolute atomic E-state index is 0. The molecule has 0 amide bonds. The third kappa shape index (κ3) is 12.2. The number of hydrogen-bond acceptors (Lipinski definition) is 8. The van der Waals surface area contributed by atoms with Crippen LogP contribution in [0.25, 0.3) is 6.08 Å². The van der Waals surface area contributed by atoms with Gasteiger partial charge in [0.25, 0.3) is 0 Å². The van der Waals surface area contributed by atoms with Gasteiger partial charge in [0.2, 0.25) is 0 Å². The van der Waals surface area contributed by atoms with Crippen molar-refractivity contribution in [3.63, 3.8) is 0 Å². The van der Waals surface area contributed by atoms with E-state index in [9.17, 15) is 19.2 Å².